The molecule has 15 heavy (non-hydrogen) atoms. The molecule has 0 spiro atoms. The van der Waals surface area contributed by atoms with Crippen molar-refractivity contribution in [3.05, 3.63) is 22.4 Å². The number of nitrogens with two attached hydrogens (primary N) is 1. The molecule has 3 N–H and O–H groups in total. The molecule has 0 aliphatic carbocycles. The number of aliphatic hydroxyl groups is 1. The first-order valence-corrected chi connectivity index (χ1v) is 6.30. The van der Waals surface area contributed by atoms with Gasteiger partial charge in [-0.05, 0) is 34.0 Å². The van der Waals surface area contributed by atoms with Gasteiger partial charge in [0.05, 0.1) is 4.47 Å². The van der Waals surface area contributed by atoms with Crippen LogP contribution in [0.25, 0.3) is 0 Å². The highest BCUT2D eigenvalue weighted by Gasteiger charge is 2.08. The fraction of sp³-hybridized carbons (Fsp3) is 0.400. The Morgan fingerprint density at radius 2 is 2.27 bits per heavy atom. The maximum atomic E-state index is 13.2. The molecule has 1 atom stereocenters. The maximum absolute atomic E-state index is 13.2. The van der Waals surface area contributed by atoms with Gasteiger partial charge in [0.25, 0.3) is 0 Å². The topological polar surface area (TPSA) is 46.2 Å². The van der Waals surface area contributed by atoms with Crippen molar-refractivity contribution in [2.24, 2.45) is 5.92 Å². The quantitative estimate of drug-likeness (QED) is 0.663. The summed E-state index contributed by atoms with van der Waals surface area (Å²) >= 11 is 4.53. The lowest BCUT2D eigenvalue weighted by Gasteiger charge is -2.09. The summed E-state index contributed by atoms with van der Waals surface area (Å²) in [7, 11) is 0. The molecular formula is C10H13BrFNOS. The third-order valence-electron chi connectivity index (χ3n) is 1.89. The van der Waals surface area contributed by atoms with E-state index < -0.39 is 0 Å². The zero-order valence-electron chi connectivity index (χ0n) is 8.34. The summed E-state index contributed by atoms with van der Waals surface area (Å²) in [6, 6.07) is 2.97. The van der Waals surface area contributed by atoms with Crippen molar-refractivity contribution < 1.29 is 9.50 Å². The van der Waals surface area contributed by atoms with Gasteiger partial charge in [0, 0.05) is 22.9 Å². The van der Waals surface area contributed by atoms with E-state index in [0.29, 0.717) is 10.2 Å². The van der Waals surface area contributed by atoms with E-state index in [1.165, 1.54) is 17.8 Å². The van der Waals surface area contributed by atoms with Crippen molar-refractivity contribution in [1.82, 2.24) is 0 Å². The molecule has 1 unspecified atom stereocenters. The monoisotopic (exact) mass is 293 g/mol. The molecule has 0 heterocycles. The largest absolute Gasteiger partial charge is 0.398 e. The van der Waals surface area contributed by atoms with Crippen LogP contribution in [-0.2, 0) is 0 Å². The number of rotatable bonds is 4. The molecule has 0 aromatic heterocycles. The van der Waals surface area contributed by atoms with Crippen LogP contribution in [-0.4, -0.2) is 17.5 Å². The molecular weight excluding hydrogens is 281 g/mol. The van der Waals surface area contributed by atoms with Crippen molar-refractivity contribution in [2.75, 3.05) is 18.1 Å². The van der Waals surface area contributed by atoms with Crippen LogP contribution < -0.4 is 5.73 Å². The predicted octanol–water partition coefficient (Wildman–Crippen LogP) is 2.89. The van der Waals surface area contributed by atoms with Crippen molar-refractivity contribution in [3.63, 3.8) is 0 Å². The number of hydrogen-bond donors (Lipinski definition) is 2. The van der Waals surface area contributed by atoms with Gasteiger partial charge in [-0.25, -0.2) is 4.39 Å². The molecule has 0 aliphatic heterocycles. The Balaban J connectivity index is 2.73. The highest BCUT2D eigenvalue weighted by Crippen LogP contribution is 2.31. The smallest absolute Gasteiger partial charge is 0.138 e. The van der Waals surface area contributed by atoms with Gasteiger partial charge < -0.3 is 10.8 Å². The molecule has 5 heteroatoms. The van der Waals surface area contributed by atoms with E-state index in [-0.39, 0.29) is 18.3 Å². The van der Waals surface area contributed by atoms with Gasteiger partial charge in [-0.15, -0.1) is 11.8 Å². The Hall–Kier alpha value is -0.260. The summed E-state index contributed by atoms with van der Waals surface area (Å²) in [5.74, 6) is 0.589. The zero-order valence-corrected chi connectivity index (χ0v) is 10.7. The Kier molecular flexibility index (Phi) is 4.89. The molecule has 0 bridgehead atoms. The minimum absolute atomic E-state index is 0.131. The molecule has 1 aromatic rings. The fourth-order valence-corrected chi connectivity index (χ4v) is 2.30. The summed E-state index contributed by atoms with van der Waals surface area (Å²) in [4.78, 5) is 0.719. The molecule has 0 fully saturated rings. The van der Waals surface area contributed by atoms with Crippen molar-refractivity contribution >= 4 is 33.4 Å². The van der Waals surface area contributed by atoms with E-state index in [4.69, 9.17) is 10.8 Å². The van der Waals surface area contributed by atoms with E-state index >= 15 is 0 Å². The molecule has 1 rings (SSSR count). The molecule has 0 saturated heterocycles. The first-order chi connectivity index (χ1) is 7.04. The molecule has 1 aromatic carbocycles. The molecule has 2 nitrogen and oxygen atoms in total. The van der Waals surface area contributed by atoms with Crippen LogP contribution in [0.3, 0.4) is 0 Å². The lowest BCUT2D eigenvalue weighted by molar-refractivity contribution is 0.250. The number of nitrogen functional groups attached to an aromatic ring is 1. The van der Waals surface area contributed by atoms with Crippen LogP contribution in [0.15, 0.2) is 21.5 Å². The van der Waals surface area contributed by atoms with E-state index in [1.54, 1.807) is 6.07 Å². The third-order valence-corrected chi connectivity index (χ3v) is 3.90. The Bertz CT molecular complexity index is 348. The number of benzene rings is 1. The van der Waals surface area contributed by atoms with E-state index in [1.807, 2.05) is 6.92 Å². The van der Waals surface area contributed by atoms with Gasteiger partial charge in [0.2, 0.25) is 0 Å². The zero-order chi connectivity index (χ0) is 11.4. The van der Waals surface area contributed by atoms with E-state index in [9.17, 15) is 4.39 Å². The van der Waals surface area contributed by atoms with Crippen molar-refractivity contribution in [1.29, 1.82) is 0 Å². The van der Waals surface area contributed by atoms with Gasteiger partial charge in [0.1, 0.15) is 5.82 Å². The molecule has 0 saturated carbocycles. The first kappa shape index (κ1) is 12.8. The maximum Gasteiger partial charge on any atom is 0.138 e. The number of thioether (sulfide) groups is 1. The van der Waals surface area contributed by atoms with E-state index in [0.717, 1.165) is 10.6 Å². The van der Waals surface area contributed by atoms with Crippen LogP contribution >= 0.6 is 27.7 Å². The summed E-state index contributed by atoms with van der Waals surface area (Å²) in [5, 5.41) is 8.85. The second-order valence-corrected chi connectivity index (χ2v) is 5.32. The van der Waals surface area contributed by atoms with Gasteiger partial charge in [-0.2, -0.15) is 0 Å². The fourth-order valence-electron chi connectivity index (χ4n) is 0.954. The average molecular weight is 294 g/mol. The molecule has 0 aliphatic rings. The number of anilines is 1. The van der Waals surface area contributed by atoms with E-state index in [2.05, 4.69) is 15.9 Å². The summed E-state index contributed by atoms with van der Waals surface area (Å²) in [6.45, 7) is 2.06. The SMILES string of the molecule is CC(CO)CSc1cc(F)c(Br)cc1N. The highest BCUT2D eigenvalue weighted by molar-refractivity contribution is 9.10. The third kappa shape index (κ3) is 3.66. The Morgan fingerprint density at radius 3 is 2.87 bits per heavy atom. The Labute approximate surface area is 101 Å². The molecule has 84 valence electrons. The second kappa shape index (κ2) is 5.72. The number of hydrogen-bond acceptors (Lipinski definition) is 3. The van der Waals surface area contributed by atoms with Crippen LogP contribution in [0.1, 0.15) is 6.92 Å². The Morgan fingerprint density at radius 1 is 1.60 bits per heavy atom. The van der Waals surface area contributed by atoms with Gasteiger partial charge in [-0.1, -0.05) is 6.92 Å². The second-order valence-electron chi connectivity index (χ2n) is 3.40. The standard InChI is InChI=1S/C10H13BrFNOS/c1-6(4-14)5-15-10-3-8(12)7(11)2-9(10)13/h2-3,6,14H,4-5,13H2,1H3. The summed E-state index contributed by atoms with van der Waals surface area (Å²) in [5.41, 5.74) is 6.29. The lowest BCUT2D eigenvalue weighted by Crippen LogP contribution is -2.03. The average Bonchev–Trinajstić information content (AvgIpc) is 2.21. The lowest BCUT2D eigenvalue weighted by atomic mass is 10.2. The van der Waals surface area contributed by atoms with Crippen LogP contribution in [0.4, 0.5) is 10.1 Å². The molecule has 0 amide bonds. The van der Waals surface area contributed by atoms with Crippen molar-refractivity contribution in [3.8, 4) is 0 Å². The van der Waals surface area contributed by atoms with Gasteiger partial charge in [-0.3, -0.25) is 0 Å². The van der Waals surface area contributed by atoms with Crippen LogP contribution in [0, 0.1) is 11.7 Å². The highest BCUT2D eigenvalue weighted by atomic mass is 79.9. The van der Waals surface area contributed by atoms with Crippen LogP contribution in [0.5, 0.6) is 0 Å². The van der Waals surface area contributed by atoms with Gasteiger partial charge in [0.15, 0.2) is 0 Å². The summed E-state index contributed by atoms with van der Waals surface area (Å²) < 4.78 is 13.6. The number of halogens is 2. The minimum atomic E-state index is -0.316. The van der Waals surface area contributed by atoms with Crippen LogP contribution in [0.2, 0.25) is 0 Å². The van der Waals surface area contributed by atoms with Crippen molar-refractivity contribution in [2.45, 2.75) is 11.8 Å². The summed E-state index contributed by atoms with van der Waals surface area (Å²) in [6.07, 6.45) is 0. The predicted molar refractivity (Wildman–Crippen MR) is 65.5 cm³/mol. The van der Waals surface area contributed by atoms with Gasteiger partial charge >= 0.3 is 0 Å². The number of aliphatic hydroxyl groups excluding tert-OH is 1. The molecule has 0 radical (unpaired) electrons. The normalized spacial score (nSPS) is 12.8. The first-order valence-electron chi connectivity index (χ1n) is 4.52. The minimum Gasteiger partial charge on any atom is -0.398 e.